The predicted molar refractivity (Wildman–Crippen MR) is 73.5 cm³/mol. The minimum absolute atomic E-state index is 0.203. The second-order valence-corrected chi connectivity index (χ2v) is 5.02. The largest absolute Gasteiger partial charge is 0.433 e. The fraction of sp³-hybridized carbons (Fsp3) is 0.692. The number of nitro groups is 1. The number of rotatable bonds is 8. The Morgan fingerprint density at radius 3 is 3.05 bits per heavy atom. The number of ether oxygens (including phenoxy) is 1. The molecular formula is C13H21N3O4. The van der Waals surface area contributed by atoms with Gasteiger partial charge >= 0.3 is 5.88 Å². The summed E-state index contributed by atoms with van der Waals surface area (Å²) in [5.41, 5.74) is 0. The molecule has 2 rings (SSSR count). The maximum atomic E-state index is 10.6. The third kappa shape index (κ3) is 4.29. The van der Waals surface area contributed by atoms with Crippen LogP contribution in [0.2, 0.25) is 0 Å². The Bertz CT molecular complexity index is 429. The topological polar surface area (TPSA) is 80.8 Å². The molecule has 20 heavy (non-hydrogen) atoms. The normalized spacial score (nSPS) is 18.8. The molecule has 112 valence electrons. The van der Waals surface area contributed by atoms with Gasteiger partial charge in [-0.05, 0) is 25.5 Å². The first kappa shape index (κ1) is 15.0. The summed E-state index contributed by atoms with van der Waals surface area (Å²) in [7, 11) is 1.67. The third-order valence-electron chi connectivity index (χ3n) is 3.46. The molecule has 0 aromatic carbocycles. The lowest BCUT2D eigenvalue weighted by Crippen LogP contribution is -2.38. The summed E-state index contributed by atoms with van der Waals surface area (Å²) in [6, 6.07) is 3.55. The molecule has 2 heterocycles. The Morgan fingerprint density at radius 1 is 1.60 bits per heavy atom. The first-order valence-corrected chi connectivity index (χ1v) is 6.87. The summed E-state index contributed by atoms with van der Waals surface area (Å²) < 4.78 is 10.3. The first-order chi connectivity index (χ1) is 9.69. The highest BCUT2D eigenvalue weighted by molar-refractivity contribution is 5.17. The number of nitrogens with zero attached hydrogens (tertiary/aromatic N) is 2. The van der Waals surface area contributed by atoms with Crippen LogP contribution in [0.1, 0.15) is 18.6 Å². The quantitative estimate of drug-likeness (QED) is 0.573. The molecular weight excluding hydrogens is 262 g/mol. The van der Waals surface area contributed by atoms with Gasteiger partial charge in [0.1, 0.15) is 10.7 Å². The van der Waals surface area contributed by atoms with Crippen LogP contribution in [-0.4, -0.2) is 49.2 Å². The summed E-state index contributed by atoms with van der Waals surface area (Å²) in [4.78, 5) is 12.3. The van der Waals surface area contributed by atoms with Crippen molar-refractivity contribution < 1.29 is 14.1 Å². The van der Waals surface area contributed by atoms with E-state index in [9.17, 15) is 10.1 Å². The molecule has 1 saturated heterocycles. The Morgan fingerprint density at radius 2 is 2.45 bits per heavy atom. The highest BCUT2D eigenvalue weighted by atomic mass is 16.6. The van der Waals surface area contributed by atoms with Crippen molar-refractivity contribution in [3.05, 3.63) is 28.0 Å². The maximum Gasteiger partial charge on any atom is 0.433 e. The predicted octanol–water partition coefficient (Wildman–Crippen LogP) is 1.39. The number of methoxy groups -OCH3 is 1. The van der Waals surface area contributed by atoms with Crippen molar-refractivity contribution in [2.24, 2.45) is 0 Å². The fourth-order valence-electron chi connectivity index (χ4n) is 2.45. The van der Waals surface area contributed by atoms with E-state index in [0.717, 1.165) is 19.6 Å². The number of hydrogen-bond donors (Lipinski definition) is 1. The van der Waals surface area contributed by atoms with Crippen molar-refractivity contribution in [3.63, 3.8) is 0 Å². The molecule has 1 atom stereocenters. The lowest BCUT2D eigenvalue weighted by atomic mass is 10.2. The molecule has 1 aromatic rings. The molecule has 0 aliphatic carbocycles. The highest BCUT2D eigenvalue weighted by Crippen LogP contribution is 2.18. The van der Waals surface area contributed by atoms with E-state index in [2.05, 4.69) is 10.2 Å². The van der Waals surface area contributed by atoms with Crippen molar-refractivity contribution in [1.29, 1.82) is 0 Å². The summed E-state index contributed by atoms with van der Waals surface area (Å²) in [5.74, 6) is 0.413. The van der Waals surface area contributed by atoms with Gasteiger partial charge in [0.2, 0.25) is 0 Å². The van der Waals surface area contributed by atoms with Crippen LogP contribution in [0.5, 0.6) is 0 Å². The number of nitrogens with one attached hydrogen (secondary N) is 1. The van der Waals surface area contributed by atoms with E-state index in [1.165, 1.54) is 18.9 Å². The van der Waals surface area contributed by atoms with Crippen molar-refractivity contribution >= 4 is 5.88 Å². The van der Waals surface area contributed by atoms with E-state index in [1.54, 1.807) is 13.2 Å². The zero-order valence-electron chi connectivity index (χ0n) is 11.7. The van der Waals surface area contributed by atoms with Crippen LogP contribution in [0.3, 0.4) is 0 Å². The molecule has 1 aliphatic heterocycles. The third-order valence-corrected chi connectivity index (χ3v) is 3.46. The first-order valence-electron chi connectivity index (χ1n) is 6.87. The van der Waals surface area contributed by atoms with Gasteiger partial charge in [-0.2, -0.15) is 0 Å². The smallest absolute Gasteiger partial charge is 0.404 e. The van der Waals surface area contributed by atoms with Gasteiger partial charge in [-0.25, -0.2) is 0 Å². The van der Waals surface area contributed by atoms with Crippen molar-refractivity contribution in [3.8, 4) is 0 Å². The van der Waals surface area contributed by atoms with E-state index >= 15 is 0 Å². The van der Waals surface area contributed by atoms with Crippen LogP contribution in [-0.2, 0) is 11.3 Å². The molecule has 0 radical (unpaired) electrons. The zero-order chi connectivity index (χ0) is 14.4. The van der Waals surface area contributed by atoms with Crippen LogP contribution in [0.15, 0.2) is 16.5 Å². The van der Waals surface area contributed by atoms with E-state index < -0.39 is 4.92 Å². The average Bonchev–Trinajstić information content (AvgIpc) is 3.07. The van der Waals surface area contributed by atoms with Crippen LogP contribution in [0.4, 0.5) is 5.88 Å². The molecule has 1 N–H and O–H groups in total. The van der Waals surface area contributed by atoms with Gasteiger partial charge in [0.05, 0.1) is 19.2 Å². The monoisotopic (exact) mass is 283 g/mol. The van der Waals surface area contributed by atoms with Crippen molar-refractivity contribution in [2.75, 3.05) is 33.4 Å². The lowest BCUT2D eigenvalue weighted by molar-refractivity contribution is -0.402. The van der Waals surface area contributed by atoms with Crippen LogP contribution in [0, 0.1) is 10.1 Å². The Kier molecular flexibility index (Phi) is 5.51. The second-order valence-electron chi connectivity index (χ2n) is 5.02. The summed E-state index contributed by atoms with van der Waals surface area (Å²) >= 11 is 0. The highest BCUT2D eigenvalue weighted by Gasteiger charge is 2.20. The molecule has 1 aromatic heterocycles. The SMILES string of the molecule is COCCN(Cc1ccc([N+](=O)[O-])o1)CC1CCCN1. The number of furan rings is 1. The molecule has 0 spiro atoms. The summed E-state index contributed by atoms with van der Waals surface area (Å²) in [5, 5.41) is 14.1. The number of hydrogen-bond acceptors (Lipinski definition) is 6. The minimum Gasteiger partial charge on any atom is -0.404 e. The van der Waals surface area contributed by atoms with Gasteiger partial charge in [0.25, 0.3) is 0 Å². The van der Waals surface area contributed by atoms with E-state index in [-0.39, 0.29) is 5.88 Å². The Hall–Kier alpha value is -1.44. The van der Waals surface area contributed by atoms with Crippen LogP contribution >= 0.6 is 0 Å². The average molecular weight is 283 g/mol. The summed E-state index contributed by atoms with van der Waals surface area (Å²) in [6.07, 6.45) is 2.37. The second kappa shape index (κ2) is 7.37. The molecule has 0 saturated carbocycles. The molecule has 7 heteroatoms. The van der Waals surface area contributed by atoms with Gasteiger partial charge < -0.3 is 14.5 Å². The molecule has 1 aliphatic rings. The van der Waals surface area contributed by atoms with Gasteiger partial charge in [-0.15, -0.1) is 0 Å². The molecule has 0 amide bonds. The van der Waals surface area contributed by atoms with Crippen molar-refractivity contribution in [2.45, 2.75) is 25.4 Å². The fourth-order valence-corrected chi connectivity index (χ4v) is 2.45. The molecule has 1 unspecified atom stereocenters. The van der Waals surface area contributed by atoms with Gasteiger partial charge in [-0.1, -0.05) is 0 Å². The minimum atomic E-state index is -0.512. The Balaban J connectivity index is 1.92. The van der Waals surface area contributed by atoms with E-state index in [1.807, 2.05) is 0 Å². The van der Waals surface area contributed by atoms with Gasteiger partial charge in [0.15, 0.2) is 0 Å². The zero-order valence-corrected chi connectivity index (χ0v) is 11.7. The maximum absolute atomic E-state index is 10.6. The van der Waals surface area contributed by atoms with Gasteiger partial charge in [-0.3, -0.25) is 15.0 Å². The standard InChI is InChI=1S/C13H21N3O4/c1-19-8-7-15(9-11-3-2-6-14-11)10-12-4-5-13(20-12)16(17)18/h4-5,11,14H,2-3,6-10H2,1H3. The van der Waals surface area contributed by atoms with Crippen LogP contribution < -0.4 is 5.32 Å². The van der Waals surface area contributed by atoms with Crippen LogP contribution in [0.25, 0.3) is 0 Å². The Labute approximate surface area is 118 Å². The van der Waals surface area contributed by atoms with E-state index in [0.29, 0.717) is 25.0 Å². The molecule has 7 nitrogen and oxygen atoms in total. The molecule has 0 bridgehead atoms. The van der Waals surface area contributed by atoms with Gasteiger partial charge in [0, 0.05) is 26.2 Å². The molecule has 1 fully saturated rings. The van der Waals surface area contributed by atoms with E-state index in [4.69, 9.17) is 9.15 Å². The lowest BCUT2D eigenvalue weighted by Gasteiger charge is -2.24. The van der Waals surface area contributed by atoms with Crippen molar-refractivity contribution in [1.82, 2.24) is 10.2 Å². The summed E-state index contributed by atoms with van der Waals surface area (Å²) in [6.45, 7) is 3.95.